The molecule has 0 aromatic carbocycles. The van der Waals surface area contributed by atoms with Gasteiger partial charge in [0.05, 0.1) is 26.2 Å². The number of carboxylic acids is 6. The Morgan fingerprint density at radius 1 is 0.500 bits per heavy atom. The molecule has 0 rings (SSSR count). The van der Waals surface area contributed by atoms with Gasteiger partial charge >= 0.3 is 35.8 Å². The number of hydrogen-bond donors (Lipinski definition) is 8. The van der Waals surface area contributed by atoms with Gasteiger partial charge in [-0.25, -0.2) is 0 Å². The molecule has 0 aromatic rings. The van der Waals surface area contributed by atoms with Gasteiger partial charge in [-0.1, -0.05) is 21.6 Å². The summed E-state index contributed by atoms with van der Waals surface area (Å²) in [7, 11) is 2.80. The van der Waals surface area contributed by atoms with Gasteiger partial charge in [0.25, 0.3) is 0 Å². The maximum absolute atomic E-state index is 12.0. The van der Waals surface area contributed by atoms with Gasteiger partial charge in [-0.15, -0.1) is 0 Å². The Balaban J connectivity index is 4.10. The first kappa shape index (κ1) is 42.4. The summed E-state index contributed by atoms with van der Waals surface area (Å²) < 4.78 is 0. The van der Waals surface area contributed by atoms with Crippen molar-refractivity contribution in [1.29, 1.82) is 0 Å². The second-order valence-corrected chi connectivity index (χ2v) is 12.6. The molecule has 0 saturated heterocycles. The van der Waals surface area contributed by atoms with E-state index in [-0.39, 0.29) is 50.6 Å². The molecule has 18 nitrogen and oxygen atoms in total. The Morgan fingerprint density at radius 2 is 0.804 bits per heavy atom. The van der Waals surface area contributed by atoms with Crippen molar-refractivity contribution in [2.75, 3.05) is 50.8 Å². The molecular weight excluding hydrogens is 656 g/mol. The smallest absolute Gasteiger partial charge is 0.320 e. The lowest BCUT2D eigenvalue weighted by Crippen LogP contribution is -2.46. The van der Waals surface area contributed by atoms with E-state index < -0.39 is 74.1 Å². The number of nitrogens with one attached hydrogen (secondary N) is 2. The van der Waals surface area contributed by atoms with Crippen LogP contribution in [0.15, 0.2) is 0 Å². The number of hydrogen-bond acceptors (Lipinski definition) is 12. The zero-order valence-corrected chi connectivity index (χ0v) is 26.8. The molecule has 46 heavy (non-hydrogen) atoms. The molecule has 0 saturated carbocycles. The van der Waals surface area contributed by atoms with Gasteiger partial charge in [0.2, 0.25) is 11.8 Å². The van der Waals surface area contributed by atoms with Crippen LogP contribution in [0.4, 0.5) is 0 Å². The molecule has 0 fully saturated rings. The minimum Gasteiger partial charge on any atom is -0.480 e. The fourth-order valence-electron chi connectivity index (χ4n) is 4.12. The number of carbonyl (C=O) groups is 8. The van der Waals surface area contributed by atoms with Crippen molar-refractivity contribution in [2.45, 2.75) is 63.5 Å². The third-order valence-electron chi connectivity index (χ3n) is 6.17. The monoisotopic (exact) mass is 698 g/mol. The van der Waals surface area contributed by atoms with E-state index in [0.717, 1.165) is 9.80 Å². The highest BCUT2D eigenvalue weighted by Crippen LogP contribution is 2.22. The number of amides is 2. The maximum atomic E-state index is 12.0. The summed E-state index contributed by atoms with van der Waals surface area (Å²) in [5.74, 6) is -7.54. The zero-order valence-electron chi connectivity index (χ0n) is 25.1. The maximum Gasteiger partial charge on any atom is 0.320 e. The van der Waals surface area contributed by atoms with Crippen molar-refractivity contribution in [1.82, 2.24) is 20.4 Å². The minimum absolute atomic E-state index is 0.0129. The van der Waals surface area contributed by atoms with E-state index in [9.17, 15) is 48.6 Å². The van der Waals surface area contributed by atoms with Crippen LogP contribution in [0.25, 0.3) is 0 Å². The standard InChI is InChI=1S/C26H42N4O14S2/c31-19(27-9-3-1-5-17(25(41)42)29(13-21(33)34)14-22(35)36)7-11-45-46-12-8-20(32)28-10-4-2-6-18(26(43)44)30(15-23(37)38)16-24(39)40/h17-18H,1-16H2,(H,27,31)(H,28,32)(H,33,34)(H,35,36)(H,37,38)(H,39,40)(H,41,42)(H,43,44)/t17-,18-/m0/s1. The molecule has 0 unspecified atom stereocenters. The quantitative estimate of drug-likeness (QED) is 0.0363. The molecule has 8 N–H and O–H groups in total. The lowest BCUT2D eigenvalue weighted by atomic mass is 10.1. The van der Waals surface area contributed by atoms with E-state index in [0.29, 0.717) is 37.2 Å². The first-order chi connectivity index (χ1) is 21.6. The first-order valence-electron chi connectivity index (χ1n) is 14.2. The van der Waals surface area contributed by atoms with E-state index in [1.165, 1.54) is 21.6 Å². The number of aliphatic carboxylic acids is 6. The summed E-state index contributed by atoms with van der Waals surface area (Å²) in [4.78, 5) is 92.6. The Kier molecular flexibility index (Phi) is 22.7. The summed E-state index contributed by atoms with van der Waals surface area (Å²) in [5.41, 5.74) is 0. The second-order valence-electron chi connectivity index (χ2n) is 9.93. The van der Waals surface area contributed by atoms with Crippen LogP contribution >= 0.6 is 21.6 Å². The summed E-state index contributed by atoms with van der Waals surface area (Å²) >= 11 is 0. The summed E-state index contributed by atoms with van der Waals surface area (Å²) in [5, 5.41) is 59.9. The van der Waals surface area contributed by atoms with Gasteiger partial charge < -0.3 is 41.3 Å². The third kappa shape index (κ3) is 22.0. The molecule has 0 aliphatic heterocycles. The Labute approximate surface area is 272 Å². The van der Waals surface area contributed by atoms with Crippen LogP contribution in [0.2, 0.25) is 0 Å². The lowest BCUT2D eigenvalue weighted by Gasteiger charge is -2.25. The third-order valence-corrected chi connectivity index (χ3v) is 8.57. The van der Waals surface area contributed by atoms with Crippen molar-refractivity contribution in [3.8, 4) is 0 Å². The van der Waals surface area contributed by atoms with E-state index >= 15 is 0 Å². The fourth-order valence-corrected chi connectivity index (χ4v) is 6.10. The topological polar surface area (TPSA) is 288 Å². The van der Waals surface area contributed by atoms with Crippen LogP contribution in [-0.2, 0) is 38.4 Å². The van der Waals surface area contributed by atoms with Crippen molar-refractivity contribution in [3.63, 3.8) is 0 Å². The highest BCUT2D eigenvalue weighted by Gasteiger charge is 2.29. The molecule has 0 spiro atoms. The largest absolute Gasteiger partial charge is 0.480 e. The second kappa shape index (κ2) is 24.6. The molecule has 2 atom stereocenters. The highest BCUT2D eigenvalue weighted by atomic mass is 33.1. The molecule has 0 aliphatic rings. The number of rotatable bonds is 29. The number of unbranched alkanes of at least 4 members (excludes halogenated alkanes) is 2. The Hall–Kier alpha value is -3.62. The van der Waals surface area contributed by atoms with Crippen LogP contribution in [0.3, 0.4) is 0 Å². The van der Waals surface area contributed by atoms with Gasteiger partial charge in [-0.2, -0.15) is 0 Å². The average molecular weight is 699 g/mol. The number of carbonyl (C=O) groups excluding carboxylic acids is 2. The number of nitrogens with zero attached hydrogens (tertiary/aromatic N) is 2. The van der Waals surface area contributed by atoms with Gasteiger partial charge in [-0.05, 0) is 38.5 Å². The van der Waals surface area contributed by atoms with Crippen LogP contribution < -0.4 is 10.6 Å². The Morgan fingerprint density at radius 3 is 1.07 bits per heavy atom. The average Bonchev–Trinajstić information content (AvgIpc) is 2.92. The molecule has 0 aliphatic carbocycles. The SMILES string of the molecule is O=C(O)CN(CC(=O)O)[C@@H](CCCCNC(=O)CCSSCCC(=O)NCCCC[C@@H](C(=O)O)N(CC(=O)O)CC(=O)O)C(=O)O. The van der Waals surface area contributed by atoms with Crippen molar-refractivity contribution >= 4 is 69.2 Å². The van der Waals surface area contributed by atoms with Crippen LogP contribution in [0.1, 0.15) is 51.4 Å². The van der Waals surface area contributed by atoms with Gasteiger partial charge in [0.15, 0.2) is 0 Å². The summed E-state index contributed by atoms with van der Waals surface area (Å²) in [6.45, 7) is -2.38. The molecule has 0 heterocycles. The molecular formula is C26H42N4O14S2. The van der Waals surface area contributed by atoms with Crippen LogP contribution in [0, 0.1) is 0 Å². The number of carboxylic acid groups (broad SMARTS) is 6. The van der Waals surface area contributed by atoms with E-state index in [4.69, 9.17) is 20.4 Å². The molecule has 262 valence electrons. The van der Waals surface area contributed by atoms with Gasteiger partial charge in [-0.3, -0.25) is 48.2 Å². The predicted octanol–water partition coefficient (Wildman–Crippen LogP) is -0.430. The van der Waals surface area contributed by atoms with Gasteiger partial charge in [0, 0.05) is 37.4 Å². The van der Waals surface area contributed by atoms with Gasteiger partial charge in [0.1, 0.15) is 12.1 Å². The van der Waals surface area contributed by atoms with Crippen molar-refractivity contribution < 1.29 is 69.0 Å². The highest BCUT2D eigenvalue weighted by molar-refractivity contribution is 8.76. The summed E-state index contributed by atoms with van der Waals surface area (Å²) in [6.07, 6.45) is 1.91. The molecule has 2 amide bonds. The van der Waals surface area contributed by atoms with Crippen LogP contribution in [0.5, 0.6) is 0 Å². The van der Waals surface area contributed by atoms with Crippen molar-refractivity contribution in [3.05, 3.63) is 0 Å². The fraction of sp³-hybridized carbons (Fsp3) is 0.692. The molecule has 20 heteroatoms. The van der Waals surface area contributed by atoms with E-state index in [1.54, 1.807) is 0 Å². The molecule has 0 aromatic heterocycles. The summed E-state index contributed by atoms with van der Waals surface area (Å²) in [6, 6.07) is -2.57. The van der Waals surface area contributed by atoms with Crippen molar-refractivity contribution in [2.24, 2.45) is 0 Å². The predicted molar refractivity (Wildman–Crippen MR) is 164 cm³/mol. The minimum atomic E-state index is -1.34. The first-order valence-corrected chi connectivity index (χ1v) is 16.7. The molecule has 0 bridgehead atoms. The zero-order chi connectivity index (χ0) is 35.1. The van der Waals surface area contributed by atoms with E-state index in [2.05, 4.69) is 10.6 Å². The normalized spacial score (nSPS) is 12.3. The van der Waals surface area contributed by atoms with E-state index in [1.807, 2.05) is 0 Å². The lowest BCUT2D eigenvalue weighted by molar-refractivity contribution is -0.152. The Bertz CT molecular complexity index is 936. The van der Waals surface area contributed by atoms with Crippen LogP contribution in [-0.4, -0.2) is 151 Å². The molecule has 0 radical (unpaired) electrons.